The summed E-state index contributed by atoms with van der Waals surface area (Å²) in [6, 6.07) is 2.59. The number of hydrogen-bond donors (Lipinski definition) is 5. The number of amides is 3. The van der Waals surface area contributed by atoms with Crippen molar-refractivity contribution in [2.45, 2.75) is 84.0 Å². The lowest BCUT2D eigenvalue weighted by molar-refractivity contribution is -0.150. The average molecular weight is 505 g/mol. The molecule has 0 bridgehead atoms. The van der Waals surface area contributed by atoms with Crippen LogP contribution in [0.25, 0.3) is 0 Å². The molecule has 10 nitrogen and oxygen atoms in total. The standard InChI is InChI=1S/C26H40N4O6/c1-5-15(3)21(27)24(33)28-19(14-17-9-11-18(31)12-10-17)23(32)29-22(16(4)6-2)25(34)30-13-7-8-20(30)26(35)36/h9-12,15-16,19-22,31H,5-8,13-14,27H2,1-4H3,(H,28,33)(H,29,32)(H,35,36). The van der Waals surface area contributed by atoms with Gasteiger partial charge in [0, 0.05) is 13.0 Å². The van der Waals surface area contributed by atoms with Crippen molar-refractivity contribution in [1.29, 1.82) is 0 Å². The fraction of sp³-hybridized carbons (Fsp3) is 0.615. The van der Waals surface area contributed by atoms with Crippen molar-refractivity contribution in [1.82, 2.24) is 15.5 Å². The number of aliphatic carboxylic acids is 1. The van der Waals surface area contributed by atoms with Crippen LogP contribution in [0.15, 0.2) is 24.3 Å². The normalized spacial score (nSPS) is 19.6. The second kappa shape index (κ2) is 13.2. The van der Waals surface area contributed by atoms with Crippen molar-refractivity contribution in [3.63, 3.8) is 0 Å². The van der Waals surface area contributed by atoms with Crippen molar-refractivity contribution in [2.24, 2.45) is 17.6 Å². The van der Waals surface area contributed by atoms with Gasteiger partial charge in [-0.1, -0.05) is 52.7 Å². The van der Waals surface area contributed by atoms with E-state index in [0.717, 1.165) is 0 Å². The molecule has 0 aromatic heterocycles. The first-order valence-electron chi connectivity index (χ1n) is 12.7. The van der Waals surface area contributed by atoms with E-state index in [1.54, 1.807) is 12.1 Å². The number of phenols is 1. The van der Waals surface area contributed by atoms with E-state index < -0.39 is 47.9 Å². The second-order valence-electron chi connectivity index (χ2n) is 9.74. The predicted octanol–water partition coefficient (Wildman–Crippen LogP) is 1.40. The summed E-state index contributed by atoms with van der Waals surface area (Å²) in [5.74, 6) is -2.81. The number of nitrogens with zero attached hydrogens (tertiary/aromatic N) is 1. The molecule has 6 unspecified atom stereocenters. The number of rotatable bonds is 12. The number of benzene rings is 1. The van der Waals surface area contributed by atoms with Gasteiger partial charge in [0.1, 0.15) is 23.9 Å². The Morgan fingerprint density at radius 1 is 1.03 bits per heavy atom. The molecule has 1 heterocycles. The Kier molecular flexibility index (Phi) is 10.7. The molecule has 6 N–H and O–H groups in total. The summed E-state index contributed by atoms with van der Waals surface area (Å²) in [5, 5.41) is 24.6. The molecule has 0 aliphatic carbocycles. The first-order valence-corrected chi connectivity index (χ1v) is 12.7. The Morgan fingerprint density at radius 2 is 1.64 bits per heavy atom. The Labute approximate surface area is 212 Å². The number of nitrogens with two attached hydrogens (primary N) is 1. The van der Waals surface area contributed by atoms with Crippen LogP contribution in [-0.4, -0.2) is 69.5 Å². The zero-order chi connectivity index (χ0) is 27.0. The summed E-state index contributed by atoms with van der Waals surface area (Å²) in [4.78, 5) is 52.7. The molecular formula is C26H40N4O6. The summed E-state index contributed by atoms with van der Waals surface area (Å²) in [6.07, 6.45) is 2.34. The van der Waals surface area contributed by atoms with E-state index in [1.807, 2.05) is 27.7 Å². The fourth-order valence-electron chi connectivity index (χ4n) is 4.26. The number of carbonyl (C=O) groups is 4. The van der Waals surface area contributed by atoms with Gasteiger partial charge in [0.2, 0.25) is 17.7 Å². The Morgan fingerprint density at radius 3 is 2.19 bits per heavy atom. The number of aromatic hydroxyl groups is 1. The number of likely N-dealkylation sites (tertiary alicyclic amines) is 1. The summed E-state index contributed by atoms with van der Waals surface area (Å²) in [6.45, 7) is 7.79. The highest BCUT2D eigenvalue weighted by atomic mass is 16.4. The highest BCUT2D eigenvalue weighted by Crippen LogP contribution is 2.22. The van der Waals surface area contributed by atoms with E-state index in [1.165, 1.54) is 17.0 Å². The molecule has 0 saturated carbocycles. The zero-order valence-corrected chi connectivity index (χ0v) is 21.6. The summed E-state index contributed by atoms with van der Waals surface area (Å²) in [5.41, 5.74) is 6.78. The molecule has 1 aromatic rings. The molecule has 1 aromatic carbocycles. The Hall–Kier alpha value is -3.14. The highest BCUT2D eigenvalue weighted by Gasteiger charge is 2.40. The molecule has 6 atom stereocenters. The maximum absolute atomic E-state index is 13.5. The highest BCUT2D eigenvalue weighted by molar-refractivity contribution is 5.94. The molecule has 0 radical (unpaired) electrons. The van der Waals surface area contributed by atoms with Crippen LogP contribution in [0.4, 0.5) is 0 Å². The van der Waals surface area contributed by atoms with E-state index in [0.29, 0.717) is 37.8 Å². The molecule has 0 spiro atoms. The van der Waals surface area contributed by atoms with Gasteiger partial charge in [-0.05, 0) is 42.4 Å². The first-order chi connectivity index (χ1) is 17.0. The molecule has 3 amide bonds. The van der Waals surface area contributed by atoms with E-state index >= 15 is 0 Å². The molecule has 200 valence electrons. The van der Waals surface area contributed by atoms with Crippen molar-refractivity contribution >= 4 is 23.7 Å². The van der Waals surface area contributed by atoms with Crippen LogP contribution in [0, 0.1) is 11.8 Å². The Balaban J connectivity index is 2.28. The van der Waals surface area contributed by atoms with Gasteiger partial charge in [0.25, 0.3) is 0 Å². The zero-order valence-electron chi connectivity index (χ0n) is 21.6. The van der Waals surface area contributed by atoms with E-state index in [-0.39, 0.29) is 24.0 Å². The van der Waals surface area contributed by atoms with Crippen LogP contribution < -0.4 is 16.4 Å². The largest absolute Gasteiger partial charge is 0.508 e. The molecule has 2 rings (SSSR count). The van der Waals surface area contributed by atoms with Crippen LogP contribution >= 0.6 is 0 Å². The molecule has 1 aliphatic heterocycles. The topological polar surface area (TPSA) is 162 Å². The van der Waals surface area contributed by atoms with Gasteiger partial charge in [-0.25, -0.2) is 4.79 Å². The van der Waals surface area contributed by atoms with Gasteiger partial charge in [0.05, 0.1) is 6.04 Å². The number of carboxylic acids is 1. The number of nitrogens with one attached hydrogen (secondary N) is 2. The second-order valence-corrected chi connectivity index (χ2v) is 9.74. The first kappa shape index (κ1) is 29.1. The van der Waals surface area contributed by atoms with Gasteiger partial charge in [-0.15, -0.1) is 0 Å². The monoisotopic (exact) mass is 504 g/mol. The maximum atomic E-state index is 13.5. The van der Waals surface area contributed by atoms with E-state index in [9.17, 15) is 29.4 Å². The van der Waals surface area contributed by atoms with Gasteiger partial charge < -0.3 is 31.5 Å². The summed E-state index contributed by atoms with van der Waals surface area (Å²) >= 11 is 0. The van der Waals surface area contributed by atoms with Crippen LogP contribution in [0.3, 0.4) is 0 Å². The van der Waals surface area contributed by atoms with Crippen LogP contribution in [0.1, 0.15) is 58.9 Å². The summed E-state index contributed by atoms with van der Waals surface area (Å²) in [7, 11) is 0. The van der Waals surface area contributed by atoms with Crippen molar-refractivity contribution in [3.05, 3.63) is 29.8 Å². The average Bonchev–Trinajstić information content (AvgIpc) is 3.36. The Bertz CT molecular complexity index is 922. The van der Waals surface area contributed by atoms with Gasteiger partial charge >= 0.3 is 5.97 Å². The third-order valence-electron chi connectivity index (χ3n) is 7.17. The maximum Gasteiger partial charge on any atom is 0.326 e. The molecule has 1 fully saturated rings. The number of hydrogen-bond acceptors (Lipinski definition) is 6. The van der Waals surface area contributed by atoms with Gasteiger partial charge in [-0.3, -0.25) is 14.4 Å². The number of carboxylic acid groups (broad SMARTS) is 1. The molecule has 1 aliphatic rings. The molecule has 1 saturated heterocycles. The fourth-order valence-corrected chi connectivity index (χ4v) is 4.26. The molecule has 36 heavy (non-hydrogen) atoms. The van der Waals surface area contributed by atoms with E-state index in [2.05, 4.69) is 10.6 Å². The smallest absolute Gasteiger partial charge is 0.326 e. The predicted molar refractivity (Wildman–Crippen MR) is 135 cm³/mol. The van der Waals surface area contributed by atoms with Crippen LogP contribution in [-0.2, 0) is 25.6 Å². The minimum atomic E-state index is -1.06. The minimum absolute atomic E-state index is 0.0728. The summed E-state index contributed by atoms with van der Waals surface area (Å²) < 4.78 is 0. The lowest BCUT2D eigenvalue weighted by atomic mass is 9.95. The molecular weight excluding hydrogens is 464 g/mol. The molecule has 10 heteroatoms. The quantitative estimate of drug-likeness (QED) is 0.287. The van der Waals surface area contributed by atoms with Gasteiger partial charge in [0.15, 0.2) is 0 Å². The van der Waals surface area contributed by atoms with Gasteiger partial charge in [-0.2, -0.15) is 0 Å². The van der Waals surface area contributed by atoms with Crippen molar-refractivity contribution in [2.75, 3.05) is 6.54 Å². The van der Waals surface area contributed by atoms with Crippen molar-refractivity contribution < 1.29 is 29.4 Å². The van der Waals surface area contributed by atoms with Crippen molar-refractivity contribution in [3.8, 4) is 5.75 Å². The number of phenolic OH excluding ortho intramolecular Hbond substituents is 1. The third kappa shape index (κ3) is 7.43. The SMILES string of the molecule is CCC(C)C(N)C(=O)NC(Cc1ccc(O)cc1)C(=O)NC(C(=O)N1CCCC1C(=O)O)C(C)CC. The van der Waals surface area contributed by atoms with Crippen LogP contribution in [0.5, 0.6) is 5.75 Å². The number of carbonyl (C=O) groups excluding carboxylic acids is 3. The third-order valence-corrected chi connectivity index (χ3v) is 7.17. The minimum Gasteiger partial charge on any atom is -0.508 e. The van der Waals surface area contributed by atoms with E-state index in [4.69, 9.17) is 5.73 Å². The van der Waals surface area contributed by atoms with Crippen LogP contribution in [0.2, 0.25) is 0 Å². The lowest BCUT2D eigenvalue weighted by Crippen LogP contribution is -2.59. The lowest BCUT2D eigenvalue weighted by Gasteiger charge is -2.32.